The number of phenolic OH excluding ortho intramolecular Hbond substituents is 1. The lowest BCUT2D eigenvalue weighted by molar-refractivity contribution is -0.385. The van der Waals surface area contributed by atoms with Crippen molar-refractivity contribution in [1.82, 2.24) is 0 Å². The van der Waals surface area contributed by atoms with E-state index in [4.69, 9.17) is 4.74 Å². The van der Waals surface area contributed by atoms with Crippen LogP contribution < -0.4 is 4.74 Å². The van der Waals surface area contributed by atoms with Crippen molar-refractivity contribution in [3.8, 4) is 17.2 Å². The quantitative estimate of drug-likeness (QED) is 0.435. The molecular formula is C24H23NO4. The molecule has 1 N–H and O–H groups in total. The minimum Gasteiger partial charge on any atom is -0.508 e. The molecule has 29 heavy (non-hydrogen) atoms. The number of ether oxygens (including phenoxy) is 1. The van der Waals surface area contributed by atoms with Gasteiger partial charge in [0.25, 0.3) is 5.69 Å². The molecule has 0 unspecified atom stereocenters. The van der Waals surface area contributed by atoms with Crippen molar-refractivity contribution in [2.24, 2.45) is 0 Å². The summed E-state index contributed by atoms with van der Waals surface area (Å²) in [6.07, 6.45) is 3.91. The average molecular weight is 389 g/mol. The molecule has 1 aliphatic rings. The molecule has 3 aromatic carbocycles. The molecule has 0 spiro atoms. The lowest BCUT2D eigenvalue weighted by Gasteiger charge is -2.15. The molecule has 0 bridgehead atoms. The van der Waals surface area contributed by atoms with Crippen molar-refractivity contribution in [3.63, 3.8) is 0 Å². The first-order valence-corrected chi connectivity index (χ1v) is 9.86. The van der Waals surface area contributed by atoms with E-state index in [1.54, 1.807) is 18.2 Å². The number of rotatable bonds is 6. The van der Waals surface area contributed by atoms with Crippen molar-refractivity contribution in [2.75, 3.05) is 0 Å². The van der Waals surface area contributed by atoms with Crippen LogP contribution in [-0.2, 0) is 25.7 Å². The van der Waals surface area contributed by atoms with Crippen molar-refractivity contribution >= 4 is 5.69 Å². The minimum absolute atomic E-state index is 0.191. The summed E-state index contributed by atoms with van der Waals surface area (Å²) < 4.78 is 6.20. The van der Waals surface area contributed by atoms with Gasteiger partial charge < -0.3 is 9.84 Å². The highest BCUT2D eigenvalue weighted by molar-refractivity contribution is 5.59. The summed E-state index contributed by atoms with van der Waals surface area (Å²) in [4.78, 5) is 11.1. The van der Waals surface area contributed by atoms with E-state index in [1.807, 2.05) is 31.2 Å². The Kier molecular flexibility index (Phi) is 5.21. The van der Waals surface area contributed by atoms with Gasteiger partial charge >= 0.3 is 0 Å². The minimum atomic E-state index is -0.302. The predicted molar refractivity (Wildman–Crippen MR) is 112 cm³/mol. The zero-order chi connectivity index (χ0) is 20.4. The van der Waals surface area contributed by atoms with Crippen LogP contribution in [0.5, 0.6) is 17.2 Å². The second-order valence-corrected chi connectivity index (χ2v) is 7.49. The van der Waals surface area contributed by atoms with Crippen LogP contribution in [0.15, 0.2) is 54.6 Å². The Morgan fingerprint density at radius 2 is 1.79 bits per heavy atom. The summed E-state index contributed by atoms with van der Waals surface area (Å²) in [5.74, 6) is 1.60. The Morgan fingerprint density at radius 3 is 2.55 bits per heavy atom. The molecule has 0 saturated carbocycles. The SMILES string of the molecule is Cc1cc([N+](=O)[O-])c2c(c1Oc1ccc(O)c(CCc3ccccc3)c1)CCC2. The van der Waals surface area contributed by atoms with E-state index in [2.05, 4.69) is 12.1 Å². The first kappa shape index (κ1) is 19.0. The van der Waals surface area contributed by atoms with Crippen LogP contribution in [0.1, 0.15) is 34.2 Å². The monoisotopic (exact) mass is 389 g/mol. The lowest BCUT2D eigenvalue weighted by atomic mass is 10.0. The maximum absolute atomic E-state index is 11.4. The van der Waals surface area contributed by atoms with Gasteiger partial charge in [-0.15, -0.1) is 0 Å². The Balaban J connectivity index is 1.61. The Hall–Kier alpha value is -3.34. The molecule has 0 atom stereocenters. The molecule has 0 amide bonds. The van der Waals surface area contributed by atoms with Gasteiger partial charge in [-0.3, -0.25) is 10.1 Å². The Morgan fingerprint density at radius 1 is 1.03 bits per heavy atom. The number of aryl methyl sites for hydroxylation is 3. The van der Waals surface area contributed by atoms with Crippen molar-refractivity contribution in [2.45, 2.75) is 39.0 Å². The number of phenols is 1. The van der Waals surface area contributed by atoms with Crippen LogP contribution in [0, 0.1) is 17.0 Å². The first-order valence-electron chi connectivity index (χ1n) is 9.86. The summed E-state index contributed by atoms with van der Waals surface area (Å²) in [5.41, 5.74) is 4.71. The number of nitrogens with zero attached hydrogens (tertiary/aromatic N) is 1. The summed E-state index contributed by atoms with van der Waals surface area (Å²) >= 11 is 0. The number of nitro groups is 1. The highest BCUT2D eigenvalue weighted by Gasteiger charge is 2.27. The zero-order valence-electron chi connectivity index (χ0n) is 16.4. The fourth-order valence-corrected chi connectivity index (χ4v) is 4.04. The molecule has 0 aromatic heterocycles. The normalized spacial score (nSPS) is 12.6. The first-order chi connectivity index (χ1) is 14.0. The highest BCUT2D eigenvalue weighted by atomic mass is 16.6. The van der Waals surface area contributed by atoms with E-state index < -0.39 is 0 Å². The standard InChI is InChI=1S/C24H23NO4/c1-16-14-22(25(27)28)20-8-5-9-21(20)24(16)29-19-12-13-23(26)18(15-19)11-10-17-6-3-2-4-7-17/h2-4,6-7,12-15,26H,5,8-11H2,1H3. The van der Waals surface area contributed by atoms with Gasteiger partial charge in [0.2, 0.25) is 0 Å². The van der Waals surface area contributed by atoms with Gasteiger partial charge in [0, 0.05) is 17.2 Å². The number of fused-ring (bicyclic) bond motifs is 1. The van der Waals surface area contributed by atoms with Gasteiger partial charge in [-0.05, 0) is 73.9 Å². The van der Waals surface area contributed by atoms with Crippen molar-refractivity contribution in [1.29, 1.82) is 0 Å². The molecule has 0 radical (unpaired) electrons. The van der Waals surface area contributed by atoms with Gasteiger partial charge in [0.1, 0.15) is 17.2 Å². The molecular weight excluding hydrogens is 366 g/mol. The number of nitro benzene ring substituents is 1. The zero-order valence-corrected chi connectivity index (χ0v) is 16.4. The molecule has 5 heteroatoms. The molecule has 0 aliphatic heterocycles. The van der Waals surface area contributed by atoms with E-state index in [9.17, 15) is 15.2 Å². The fourth-order valence-electron chi connectivity index (χ4n) is 4.04. The van der Waals surface area contributed by atoms with Gasteiger partial charge in [-0.1, -0.05) is 30.3 Å². The average Bonchev–Trinajstić information content (AvgIpc) is 3.20. The molecule has 3 aromatic rings. The third kappa shape index (κ3) is 3.94. The predicted octanol–water partition coefficient (Wildman–Crippen LogP) is 5.68. The molecule has 0 heterocycles. The third-order valence-electron chi connectivity index (χ3n) is 5.51. The van der Waals surface area contributed by atoms with Crippen LogP contribution in [0.4, 0.5) is 5.69 Å². The number of benzene rings is 3. The van der Waals surface area contributed by atoms with Gasteiger partial charge in [-0.2, -0.15) is 0 Å². The topological polar surface area (TPSA) is 72.6 Å². The van der Waals surface area contributed by atoms with E-state index in [0.717, 1.165) is 41.5 Å². The molecule has 148 valence electrons. The summed E-state index contributed by atoms with van der Waals surface area (Å²) in [7, 11) is 0. The van der Waals surface area contributed by atoms with Crippen molar-refractivity contribution < 1.29 is 14.8 Å². The van der Waals surface area contributed by atoms with Gasteiger partial charge in [-0.25, -0.2) is 0 Å². The molecule has 0 saturated heterocycles. The fraction of sp³-hybridized carbons (Fsp3) is 0.250. The van der Waals surface area contributed by atoms with Gasteiger partial charge in [0.15, 0.2) is 0 Å². The summed E-state index contributed by atoms with van der Waals surface area (Å²) in [5, 5.41) is 21.6. The lowest BCUT2D eigenvalue weighted by Crippen LogP contribution is -2.00. The smallest absolute Gasteiger partial charge is 0.273 e. The van der Waals surface area contributed by atoms with Crippen molar-refractivity contribution in [3.05, 3.63) is 92.5 Å². The summed E-state index contributed by atoms with van der Waals surface area (Å²) in [6, 6.07) is 17.0. The Bertz CT molecular complexity index is 1060. The maximum Gasteiger partial charge on any atom is 0.273 e. The van der Waals surface area contributed by atoms with Crippen LogP contribution >= 0.6 is 0 Å². The Labute approximate surface area is 169 Å². The molecule has 0 fully saturated rings. The van der Waals surface area contributed by atoms with E-state index in [-0.39, 0.29) is 16.4 Å². The number of aromatic hydroxyl groups is 1. The number of hydrogen-bond acceptors (Lipinski definition) is 4. The molecule has 4 rings (SSSR count). The highest BCUT2D eigenvalue weighted by Crippen LogP contribution is 2.41. The van der Waals surface area contributed by atoms with Crippen LogP contribution in [0.25, 0.3) is 0 Å². The van der Waals surface area contributed by atoms with Crippen LogP contribution in [0.3, 0.4) is 0 Å². The number of hydrogen-bond donors (Lipinski definition) is 1. The van der Waals surface area contributed by atoms with E-state index in [0.29, 0.717) is 24.3 Å². The third-order valence-corrected chi connectivity index (χ3v) is 5.51. The maximum atomic E-state index is 11.4. The van der Waals surface area contributed by atoms with Crippen LogP contribution in [0.2, 0.25) is 0 Å². The largest absolute Gasteiger partial charge is 0.508 e. The van der Waals surface area contributed by atoms with E-state index >= 15 is 0 Å². The molecule has 1 aliphatic carbocycles. The molecule has 5 nitrogen and oxygen atoms in total. The summed E-state index contributed by atoms with van der Waals surface area (Å²) in [6.45, 7) is 1.84. The van der Waals surface area contributed by atoms with Gasteiger partial charge in [0.05, 0.1) is 4.92 Å². The second kappa shape index (κ2) is 7.95. The van der Waals surface area contributed by atoms with Crippen LogP contribution in [-0.4, -0.2) is 10.0 Å². The second-order valence-electron chi connectivity index (χ2n) is 7.49. The van der Waals surface area contributed by atoms with E-state index in [1.165, 1.54) is 5.56 Å².